The molecule has 1 unspecified atom stereocenters. The molecule has 0 bridgehead atoms. The van der Waals surface area contributed by atoms with Crippen molar-refractivity contribution in [2.75, 3.05) is 13.2 Å². The van der Waals surface area contributed by atoms with Crippen LogP contribution in [0, 0.1) is 0 Å². The molecule has 0 aromatic carbocycles. The van der Waals surface area contributed by atoms with E-state index >= 15 is 0 Å². The highest BCUT2D eigenvalue weighted by molar-refractivity contribution is 4.97. The van der Waals surface area contributed by atoms with Gasteiger partial charge in [0.05, 0.1) is 12.7 Å². The Kier molecular flexibility index (Phi) is 25.9. The van der Waals surface area contributed by atoms with E-state index in [1.54, 1.807) is 0 Å². The third kappa shape index (κ3) is 18.7. The van der Waals surface area contributed by atoms with Crippen molar-refractivity contribution < 1.29 is 25.2 Å². The predicted octanol–water partition coefficient (Wildman–Crippen LogP) is 7.85. The Morgan fingerprint density at radius 2 is 0.973 bits per heavy atom. The second kappa shape index (κ2) is 26.0. The van der Waals surface area contributed by atoms with Gasteiger partial charge in [0, 0.05) is 6.61 Å². The Hall–Kier alpha value is -0.200. The van der Waals surface area contributed by atoms with Gasteiger partial charge in [-0.15, -0.1) is 0 Å². The van der Waals surface area contributed by atoms with E-state index in [2.05, 4.69) is 20.8 Å². The summed E-state index contributed by atoms with van der Waals surface area (Å²) in [6.07, 6.45) is 21.7. The molecule has 0 aliphatic carbocycles. The first kappa shape index (κ1) is 36.8. The number of unbranched alkanes of at least 4 members (excludes halogenated alkanes) is 18. The average Bonchev–Trinajstić information content (AvgIpc) is 2.90. The second-order valence-electron chi connectivity index (χ2n) is 11.5. The normalized spacial score (nSPS) is 16.0. The smallest absolute Gasteiger partial charge is 0.119 e. The second-order valence-corrected chi connectivity index (χ2v) is 11.5. The van der Waals surface area contributed by atoms with Crippen molar-refractivity contribution in [1.82, 2.24) is 0 Å². The molecule has 0 aliphatic heterocycles. The van der Waals surface area contributed by atoms with E-state index in [0.29, 0.717) is 19.4 Å². The topological polar surface area (TPSA) is 90.2 Å². The SMILES string of the molecule is CCCCCCCCCO[C@@H]([C@H](O)CO)[C@](O)(CCCCCCCCC)C(O)CCCCCCCCC. The summed E-state index contributed by atoms with van der Waals surface area (Å²) in [7, 11) is 0. The maximum absolute atomic E-state index is 11.8. The zero-order valence-corrected chi connectivity index (χ0v) is 25.1. The van der Waals surface area contributed by atoms with Gasteiger partial charge in [-0.25, -0.2) is 0 Å². The van der Waals surface area contributed by atoms with E-state index in [1.807, 2.05) is 0 Å². The zero-order chi connectivity index (χ0) is 27.6. The lowest BCUT2D eigenvalue weighted by Crippen LogP contribution is -2.58. The van der Waals surface area contributed by atoms with Crippen molar-refractivity contribution in [3.8, 4) is 0 Å². The van der Waals surface area contributed by atoms with Gasteiger partial charge in [0.25, 0.3) is 0 Å². The van der Waals surface area contributed by atoms with Crippen LogP contribution in [0.2, 0.25) is 0 Å². The minimum Gasteiger partial charge on any atom is -0.394 e. The quantitative estimate of drug-likeness (QED) is 0.0739. The van der Waals surface area contributed by atoms with E-state index in [4.69, 9.17) is 4.74 Å². The standard InChI is InChI=1S/C32H66O5/c1-4-7-10-13-16-19-22-25-30(35)32(36,26-23-20-17-14-11-8-5-2)31(29(34)28-33)37-27-24-21-18-15-12-9-6-3/h29-31,33-36H,4-28H2,1-3H3/t29-,30?,31+,32+/m1/s1. The van der Waals surface area contributed by atoms with Gasteiger partial charge < -0.3 is 25.2 Å². The van der Waals surface area contributed by atoms with Crippen LogP contribution in [0.1, 0.15) is 168 Å². The fourth-order valence-electron chi connectivity index (χ4n) is 5.36. The van der Waals surface area contributed by atoms with Gasteiger partial charge in [0.1, 0.15) is 17.8 Å². The fourth-order valence-corrected chi connectivity index (χ4v) is 5.36. The number of aliphatic hydroxyl groups excluding tert-OH is 3. The van der Waals surface area contributed by atoms with Crippen LogP contribution in [0.15, 0.2) is 0 Å². The molecule has 0 spiro atoms. The van der Waals surface area contributed by atoms with Gasteiger partial charge >= 0.3 is 0 Å². The highest BCUT2D eigenvalue weighted by Gasteiger charge is 2.46. The Balaban J connectivity index is 4.95. The van der Waals surface area contributed by atoms with E-state index in [0.717, 1.165) is 51.4 Å². The van der Waals surface area contributed by atoms with Gasteiger partial charge in [-0.2, -0.15) is 0 Å². The molecule has 4 atom stereocenters. The Bertz CT molecular complexity index is 460. The van der Waals surface area contributed by atoms with Crippen LogP contribution in [0.3, 0.4) is 0 Å². The molecule has 5 nitrogen and oxygen atoms in total. The number of hydrogen-bond donors (Lipinski definition) is 4. The molecular formula is C32H66O5. The van der Waals surface area contributed by atoms with E-state index in [1.165, 1.54) is 83.5 Å². The summed E-state index contributed by atoms with van der Waals surface area (Å²) < 4.78 is 6.07. The molecule has 224 valence electrons. The molecule has 0 saturated carbocycles. The van der Waals surface area contributed by atoms with Crippen molar-refractivity contribution in [2.24, 2.45) is 0 Å². The maximum atomic E-state index is 11.8. The van der Waals surface area contributed by atoms with Gasteiger partial charge in [-0.3, -0.25) is 0 Å². The first-order chi connectivity index (χ1) is 18.0. The van der Waals surface area contributed by atoms with Gasteiger partial charge in [-0.05, 0) is 19.3 Å². The van der Waals surface area contributed by atoms with E-state index in [9.17, 15) is 20.4 Å². The van der Waals surface area contributed by atoms with Crippen LogP contribution in [0.5, 0.6) is 0 Å². The Labute approximate surface area is 230 Å². The summed E-state index contributed by atoms with van der Waals surface area (Å²) in [6, 6.07) is 0. The van der Waals surface area contributed by atoms with Crippen LogP contribution in [0.4, 0.5) is 0 Å². The number of aliphatic hydroxyl groups is 4. The molecule has 0 rings (SSSR count). The fraction of sp³-hybridized carbons (Fsp3) is 1.00. The third-order valence-corrected chi connectivity index (χ3v) is 7.91. The summed E-state index contributed by atoms with van der Waals surface area (Å²) in [5.74, 6) is 0. The summed E-state index contributed by atoms with van der Waals surface area (Å²) in [5.41, 5.74) is -1.55. The van der Waals surface area contributed by atoms with Crippen LogP contribution < -0.4 is 0 Å². The molecule has 0 amide bonds. The lowest BCUT2D eigenvalue weighted by Gasteiger charge is -2.41. The van der Waals surface area contributed by atoms with E-state index in [-0.39, 0.29) is 0 Å². The molecular weight excluding hydrogens is 464 g/mol. The molecule has 0 fully saturated rings. The average molecular weight is 531 g/mol. The van der Waals surface area contributed by atoms with Crippen LogP contribution >= 0.6 is 0 Å². The largest absolute Gasteiger partial charge is 0.394 e. The van der Waals surface area contributed by atoms with E-state index < -0.39 is 30.5 Å². The number of hydrogen-bond acceptors (Lipinski definition) is 5. The number of rotatable bonds is 29. The summed E-state index contributed by atoms with van der Waals surface area (Å²) in [5, 5.41) is 43.4. The molecule has 37 heavy (non-hydrogen) atoms. The molecule has 0 heterocycles. The predicted molar refractivity (Wildman–Crippen MR) is 157 cm³/mol. The minimum absolute atomic E-state index is 0.386. The van der Waals surface area contributed by atoms with Gasteiger partial charge in [-0.1, -0.05) is 149 Å². The summed E-state index contributed by atoms with van der Waals surface area (Å²) in [4.78, 5) is 0. The Morgan fingerprint density at radius 3 is 1.43 bits per heavy atom. The van der Waals surface area contributed by atoms with Crippen LogP contribution in [-0.4, -0.2) is 57.6 Å². The van der Waals surface area contributed by atoms with Crippen molar-refractivity contribution in [1.29, 1.82) is 0 Å². The molecule has 5 heteroatoms. The molecule has 0 aliphatic rings. The first-order valence-corrected chi connectivity index (χ1v) is 16.3. The van der Waals surface area contributed by atoms with Gasteiger partial charge in [0.2, 0.25) is 0 Å². The van der Waals surface area contributed by atoms with Gasteiger partial charge in [0.15, 0.2) is 0 Å². The molecule has 0 saturated heterocycles. The zero-order valence-electron chi connectivity index (χ0n) is 25.1. The van der Waals surface area contributed by atoms with Crippen LogP contribution in [-0.2, 0) is 4.74 Å². The monoisotopic (exact) mass is 530 g/mol. The Morgan fingerprint density at radius 1 is 0.568 bits per heavy atom. The summed E-state index contributed by atoms with van der Waals surface area (Å²) >= 11 is 0. The summed E-state index contributed by atoms with van der Waals surface area (Å²) in [6.45, 7) is 6.60. The maximum Gasteiger partial charge on any atom is 0.119 e. The third-order valence-electron chi connectivity index (χ3n) is 7.91. The highest BCUT2D eigenvalue weighted by Crippen LogP contribution is 2.31. The first-order valence-electron chi connectivity index (χ1n) is 16.3. The minimum atomic E-state index is -1.55. The number of ether oxygens (including phenoxy) is 1. The van der Waals surface area contributed by atoms with Crippen molar-refractivity contribution >= 4 is 0 Å². The van der Waals surface area contributed by atoms with Crippen LogP contribution in [0.25, 0.3) is 0 Å². The molecule has 0 radical (unpaired) electrons. The lowest BCUT2D eigenvalue weighted by atomic mass is 9.80. The van der Waals surface area contributed by atoms with Crippen molar-refractivity contribution in [2.45, 2.75) is 192 Å². The van der Waals surface area contributed by atoms with Crippen molar-refractivity contribution in [3.05, 3.63) is 0 Å². The van der Waals surface area contributed by atoms with Crippen molar-refractivity contribution in [3.63, 3.8) is 0 Å². The highest BCUT2D eigenvalue weighted by atomic mass is 16.5. The lowest BCUT2D eigenvalue weighted by molar-refractivity contribution is -0.207. The molecule has 0 aromatic heterocycles. The molecule has 4 N–H and O–H groups in total. The molecule has 0 aromatic rings.